The Morgan fingerprint density at radius 1 is 1.20 bits per heavy atom. The molecule has 0 fully saturated rings. The minimum Gasteiger partial charge on any atom is -0.387 e. The van der Waals surface area contributed by atoms with E-state index in [0.717, 1.165) is 35.4 Å². The topological polar surface area (TPSA) is 108 Å². The molecule has 2 heterocycles. The van der Waals surface area contributed by atoms with Crippen molar-refractivity contribution in [1.29, 1.82) is 0 Å². The van der Waals surface area contributed by atoms with Crippen LogP contribution in [0, 0.1) is 0 Å². The fraction of sp³-hybridized carbons (Fsp3) is 0.409. The van der Waals surface area contributed by atoms with Gasteiger partial charge in [0, 0.05) is 24.4 Å². The molecule has 0 saturated carbocycles. The van der Waals surface area contributed by atoms with E-state index in [-0.39, 0.29) is 5.91 Å². The molecule has 0 saturated heterocycles. The lowest BCUT2D eigenvalue weighted by Gasteiger charge is -2.21. The molecule has 2 aromatic rings. The van der Waals surface area contributed by atoms with Crippen LogP contribution in [0.25, 0.3) is 17.0 Å². The van der Waals surface area contributed by atoms with Crippen molar-refractivity contribution >= 4 is 11.5 Å². The number of allylic oxidation sites excluding steroid dienone is 6. The largest absolute Gasteiger partial charge is 0.387 e. The maximum absolute atomic E-state index is 11.9. The summed E-state index contributed by atoms with van der Waals surface area (Å²) in [5, 5.41) is 16.9. The Hall–Kier alpha value is -3.13. The fourth-order valence-electron chi connectivity index (χ4n) is 3.15. The third-order valence-corrected chi connectivity index (χ3v) is 4.48. The summed E-state index contributed by atoms with van der Waals surface area (Å²) in [4.78, 5) is 26.2. The first-order chi connectivity index (χ1) is 14.7. The van der Waals surface area contributed by atoms with E-state index in [0.29, 0.717) is 25.3 Å². The van der Waals surface area contributed by atoms with Crippen molar-refractivity contribution in [2.24, 2.45) is 0 Å². The zero-order valence-electron chi connectivity index (χ0n) is 17.9. The van der Waals surface area contributed by atoms with Crippen LogP contribution in [0.4, 0.5) is 0 Å². The van der Waals surface area contributed by atoms with E-state index >= 15 is 0 Å². The molecular formula is C22H30N6O2. The molecule has 0 bridgehead atoms. The van der Waals surface area contributed by atoms with Gasteiger partial charge in [-0.05, 0) is 33.1 Å². The van der Waals surface area contributed by atoms with E-state index in [1.54, 1.807) is 4.90 Å². The van der Waals surface area contributed by atoms with Gasteiger partial charge in [-0.2, -0.15) is 5.10 Å². The lowest BCUT2D eigenvalue weighted by Crippen LogP contribution is -2.35. The maximum atomic E-state index is 11.9. The molecule has 2 rings (SSSR count). The van der Waals surface area contributed by atoms with E-state index in [1.165, 1.54) is 12.7 Å². The van der Waals surface area contributed by atoms with Gasteiger partial charge in [-0.3, -0.25) is 9.89 Å². The van der Waals surface area contributed by atoms with Crippen molar-refractivity contribution in [3.63, 3.8) is 0 Å². The first-order valence-corrected chi connectivity index (χ1v) is 10.2. The zero-order valence-corrected chi connectivity index (χ0v) is 17.9. The fourth-order valence-corrected chi connectivity index (χ4v) is 3.15. The lowest BCUT2D eigenvalue weighted by atomic mass is 10.0. The Bertz CT molecular complexity index is 886. The van der Waals surface area contributed by atoms with Gasteiger partial charge in [0.1, 0.15) is 25.0 Å². The lowest BCUT2D eigenvalue weighted by molar-refractivity contribution is -0.134. The van der Waals surface area contributed by atoms with Crippen LogP contribution in [0.5, 0.6) is 0 Å². The minimum absolute atomic E-state index is 0.246. The predicted octanol–water partition coefficient (Wildman–Crippen LogP) is 2.96. The first-order valence-electron chi connectivity index (χ1n) is 10.2. The summed E-state index contributed by atoms with van der Waals surface area (Å²) >= 11 is 0. The summed E-state index contributed by atoms with van der Waals surface area (Å²) in [6.45, 7) is 6.66. The predicted molar refractivity (Wildman–Crippen MR) is 117 cm³/mol. The molecule has 8 nitrogen and oxygen atoms in total. The molecule has 0 atom stereocenters. The van der Waals surface area contributed by atoms with Crippen LogP contribution in [0.15, 0.2) is 43.0 Å². The Balaban J connectivity index is 2.34. The van der Waals surface area contributed by atoms with E-state index in [4.69, 9.17) is 0 Å². The molecule has 0 aliphatic rings. The minimum atomic E-state index is -0.466. The third kappa shape index (κ3) is 6.18. The number of amides is 1. The van der Waals surface area contributed by atoms with Gasteiger partial charge in [0.2, 0.25) is 5.91 Å². The second-order valence-corrected chi connectivity index (χ2v) is 6.68. The third-order valence-electron chi connectivity index (χ3n) is 4.48. The van der Waals surface area contributed by atoms with Crippen molar-refractivity contribution in [3.05, 3.63) is 54.4 Å². The van der Waals surface area contributed by atoms with Gasteiger partial charge in [-0.25, -0.2) is 15.0 Å². The molecule has 160 valence electrons. The van der Waals surface area contributed by atoms with Gasteiger partial charge in [-0.1, -0.05) is 37.3 Å². The van der Waals surface area contributed by atoms with E-state index in [9.17, 15) is 9.90 Å². The number of carbonyl (C=O) groups excluding carboxylic acids is 1. The molecule has 30 heavy (non-hydrogen) atoms. The number of aromatic nitrogens is 5. The number of aryl methyl sites for hydroxylation is 1. The average Bonchev–Trinajstić information content (AvgIpc) is 3.19. The molecule has 1 amide bonds. The van der Waals surface area contributed by atoms with E-state index in [2.05, 4.69) is 25.1 Å². The first kappa shape index (κ1) is 23.2. The van der Waals surface area contributed by atoms with Gasteiger partial charge in [0.25, 0.3) is 0 Å². The monoisotopic (exact) mass is 410 g/mol. The van der Waals surface area contributed by atoms with E-state index in [1.807, 2.05) is 51.2 Å². The molecule has 8 heteroatoms. The number of rotatable bonds is 11. The average molecular weight is 411 g/mol. The zero-order chi connectivity index (χ0) is 21.8. The Kier molecular flexibility index (Phi) is 9.60. The van der Waals surface area contributed by atoms with Crippen LogP contribution in [0.1, 0.15) is 45.0 Å². The molecule has 2 N–H and O–H groups in total. The molecule has 0 unspecified atom stereocenters. The number of carbonyl (C=O) groups is 1. The highest BCUT2D eigenvalue weighted by molar-refractivity contribution is 5.83. The Labute approximate surface area is 177 Å². The summed E-state index contributed by atoms with van der Waals surface area (Å²) in [6, 6.07) is 0. The highest BCUT2D eigenvalue weighted by atomic mass is 16.3. The van der Waals surface area contributed by atoms with Crippen molar-refractivity contribution < 1.29 is 9.90 Å². The van der Waals surface area contributed by atoms with E-state index < -0.39 is 6.61 Å². The van der Waals surface area contributed by atoms with Gasteiger partial charge in [0.15, 0.2) is 5.82 Å². The molecular weight excluding hydrogens is 380 g/mol. The SMILES string of the molecule is C\C=C/C=C(\C=C/C)c1n[nH]c(CCCN(CCC)C(=O)CO)c1-c1ncncn1. The highest BCUT2D eigenvalue weighted by Gasteiger charge is 2.20. The normalized spacial score (nSPS) is 12.2. The van der Waals surface area contributed by atoms with Gasteiger partial charge in [0.05, 0.1) is 5.56 Å². The van der Waals surface area contributed by atoms with Crippen molar-refractivity contribution in [2.45, 2.75) is 40.0 Å². The molecule has 0 aliphatic carbocycles. The number of aliphatic hydroxyl groups is 1. The second-order valence-electron chi connectivity index (χ2n) is 6.68. The van der Waals surface area contributed by atoms with Crippen molar-refractivity contribution in [1.82, 2.24) is 30.0 Å². The number of H-pyrrole nitrogens is 1. The van der Waals surface area contributed by atoms with Crippen molar-refractivity contribution in [2.75, 3.05) is 19.7 Å². The van der Waals surface area contributed by atoms with Crippen LogP contribution in [-0.2, 0) is 11.2 Å². The number of hydrogen-bond acceptors (Lipinski definition) is 6. The summed E-state index contributed by atoms with van der Waals surface area (Å²) < 4.78 is 0. The maximum Gasteiger partial charge on any atom is 0.248 e. The number of nitrogens with one attached hydrogen (secondary N) is 1. The van der Waals surface area contributed by atoms with Gasteiger partial charge in [-0.15, -0.1) is 0 Å². The van der Waals surface area contributed by atoms with Crippen molar-refractivity contribution in [3.8, 4) is 11.4 Å². The molecule has 0 spiro atoms. The van der Waals surface area contributed by atoms with Crippen LogP contribution in [0.3, 0.4) is 0 Å². The van der Waals surface area contributed by atoms with Crippen LogP contribution in [-0.4, -0.2) is 60.8 Å². The summed E-state index contributed by atoms with van der Waals surface area (Å²) in [5.41, 5.74) is 3.45. The standard InChI is InChI=1S/C22H30N6O2/c1-4-7-10-17(9-5-2)21-20(22-24-15-23-16-25-22)18(26-27-21)11-8-13-28(12-6-3)19(30)14-29/h4-5,7,9-10,15-16,29H,6,8,11-14H2,1-3H3,(H,26,27)/b7-4-,9-5-,17-10+. The molecule has 0 aliphatic heterocycles. The Morgan fingerprint density at radius 2 is 1.97 bits per heavy atom. The van der Waals surface area contributed by atoms with Crippen LogP contribution >= 0.6 is 0 Å². The number of aromatic amines is 1. The molecule has 0 radical (unpaired) electrons. The molecule has 0 aromatic carbocycles. The number of aliphatic hydroxyl groups excluding tert-OH is 1. The molecule has 2 aromatic heterocycles. The summed E-state index contributed by atoms with van der Waals surface area (Å²) in [7, 11) is 0. The number of nitrogens with zero attached hydrogens (tertiary/aromatic N) is 5. The highest BCUT2D eigenvalue weighted by Crippen LogP contribution is 2.29. The van der Waals surface area contributed by atoms with Crippen LogP contribution in [0.2, 0.25) is 0 Å². The smallest absolute Gasteiger partial charge is 0.248 e. The number of hydrogen-bond donors (Lipinski definition) is 2. The van der Waals surface area contributed by atoms with Crippen LogP contribution < -0.4 is 0 Å². The van der Waals surface area contributed by atoms with Gasteiger partial charge >= 0.3 is 0 Å². The summed E-state index contributed by atoms with van der Waals surface area (Å²) in [5.74, 6) is 0.306. The summed E-state index contributed by atoms with van der Waals surface area (Å²) in [6.07, 6.45) is 15.0. The second kappa shape index (κ2) is 12.4. The Morgan fingerprint density at radius 3 is 2.60 bits per heavy atom. The van der Waals surface area contributed by atoms with Gasteiger partial charge < -0.3 is 10.0 Å². The quantitative estimate of drug-likeness (QED) is 0.552.